The number of nitrogens with zero attached hydrogens (tertiary/aromatic N) is 1. The third-order valence-corrected chi connectivity index (χ3v) is 3.92. The van der Waals surface area contributed by atoms with Gasteiger partial charge in [-0.1, -0.05) is 24.6 Å². The van der Waals surface area contributed by atoms with Crippen LogP contribution in [0.5, 0.6) is 5.75 Å². The minimum Gasteiger partial charge on any atom is -0.496 e. The van der Waals surface area contributed by atoms with Gasteiger partial charge in [0.1, 0.15) is 5.75 Å². The van der Waals surface area contributed by atoms with Crippen molar-refractivity contribution < 1.29 is 14.3 Å². The Morgan fingerprint density at radius 3 is 2.54 bits per heavy atom. The molecule has 26 heavy (non-hydrogen) atoms. The molecular formula is C20H29N3O3. The zero-order valence-electron chi connectivity index (χ0n) is 16.3. The molecule has 0 aliphatic carbocycles. The fourth-order valence-corrected chi connectivity index (χ4v) is 2.07. The number of carbonyl (C=O) groups excluding carboxylic acids is 2. The van der Waals surface area contributed by atoms with Gasteiger partial charge in [0.15, 0.2) is 0 Å². The Morgan fingerprint density at radius 1 is 1.19 bits per heavy atom. The summed E-state index contributed by atoms with van der Waals surface area (Å²) in [5.41, 5.74) is 3.98. The molecule has 0 aliphatic heterocycles. The number of aryl methyl sites for hydroxylation is 1. The lowest BCUT2D eigenvalue weighted by Crippen LogP contribution is -2.40. The Morgan fingerprint density at radius 2 is 1.88 bits per heavy atom. The molecular weight excluding hydrogens is 330 g/mol. The van der Waals surface area contributed by atoms with E-state index >= 15 is 0 Å². The maximum Gasteiger partial charge on any atom is 0.309 e. The van der Waals surface area contributed by atoms with Gasteiger partial charge in [-0.2, -0.15) is 0 Å². The van der Waals surface area contributed by atoms with Gasteiger partial charge in [-0.3, -0.25) is 14.6 Å². The minimum atomic E-state index is -0.663. The number of hydrogen-bond donors (Lipinski definition) is 2. The second-order valence-electron chi connectivity index (χ2n) is 6.20. The van der Waals surface area contributed by atoms with Crippen molar-refractivity contribution in [2.75, 3.05) is 13.7 Å². The van der Waals surface area contributed by atoms with Crippen molar-refractivity contribution in [2.24, 2.45) is 4.99 Å². The normalized spacial score (nSPS) is 11.9. The smallest absolute Gasteiger partial charge is 0.309 e. The molecule has 0 spiro atoms. The quantitative estimate of drug-likeness (QED) is 0.553. The lowest BCUT2D eigenvalue weighted by molar-refractivity contribution is -0.139. The Hall–Kier alpha value is -2.63. The molecule has 0 heterocycles. The van der Waals surface area contributed by atoms with Gasteiger partial charge in [-0.25, -0.2) is 0 Å². The highest BCUT2D eigenvalue weighted by Crippen LogP contribution is 2.19. The van der Waals surface area contributed by atoms with E-state index in [1.54, 1.807) is 7.11 Å². The van der Waals surface area contributed by atoms with Crippen molar-refractivity contribution in [2.45, 2.75) is 47.1 Å². The Labute approximate surface area is 155 Å². The van der Waals surface area contributed by atoms with Crippen LogP contribution in [0.2, 0.25) is 0 Å². The summed E-state index contributed by atoms with van der Waals surface area (Å²) < 4.78 is 5.29. The number of hydrogen-bond acceptors (Lipinski definition) is 4. The molecule has 1 rings (SSSR count). The van der Waals surface area contributed by atoms with Gasteiger partial charge in [-0.05, 0) is 38.8 Å². The van der Waals surface area contributed by atoms with E-state index in [0.29, 0.717) is 18.7 Å². The van der Waals surface area contributed by atoms with Crippen molar-refractivity contribution in [1.82, 2.24) is 10.6 Å². The molecule has 0 radical (unpaired) electrons. The van der Waals surface area contributed by atoms with E-state index in [0.717, 1.165) is 23.3 Å². The summed E-state index contributed by atoms with van der Waals surface area (Å²) in [7, 11) is 1.58. The summed E-state index contributed by atoms with van der Waals surface area (Å²) in [6.45, 7) is 8.55. The average molecular weight is 359 g/mol. The molecule has 0 atom stereocenters. The van der Waals surface area contributed by atoms with Gasteiger partial charge in [-0.15, -0.1) is 0 Å². The van der Waals surface area contributed by atoms with E-state index in [1.807, 2.05) is 45.2 Å². The second-order valence-corrected chi connectivity index (χ2v) is 6.20. The van der Waals surface area contributed by atoms with Gasteiger partial charge < -0.3 is 15.4 Å². The lowest BCUT2D eigenvalue weighted by atomic mass is 10.1. The molecule has 0 bridgehead atoms. The Kier molecular flexibility index (Phi) is 9.12. The summed E-state index contributed by atoms with van der Waals surface area (Å²) in [4.78, 5) is 28.1. The van der Waals surface area contributed by atoms with Crippen LogP contribution in [-0.4, -0.2) is 31.2 Å². The number of rotatable bonds is 8. The van der Waals surface area contributed by atoms with Gasteiger partial charge >= 0.3 is 11.8 Å². The van der Waals surface area contributed by atoms with E-state index in [4.69, 9.17) is 4.74 Å². The highest BCUT2D eigenvalue weighted by molar-refractivity contribution is 6.35. The third kappa shape index (κ3) is 7.51. The first kappa shape index (κ1) is 21.4. The predicted octanol–water partition coefficient (Wildman–Crippen LogP) is 2.90. The van der Waals surface area contributed by atoms with Crippen molar-refractivity contribution in [3.8, 4) is 5.75 Å². The number of nitrogens with one attached hydrogen (secondary N) is 2. The summed E-state index contributed by atoms with van der Waals surface area (Å²) in [6, 6.07) is 5.69. The summed E-state index contributed by atoms with van der Waals surface area (Å²) in [5.74, 6) is -0.624. The average Bonchev–Trinajstić information content (AvgIpc) is 2.64. The summed E-state index contributed by atoms with van der Waals surface area (Å²) in [5, 5.41) is 5.21. The van der Waals surface area contributed by atoms with Crippen LogP contribution in [-0.2, 0) is 16.1 Å². The van der Waals surface area contributed by atoms with Crippen LogP contribution in [0.1, 0.15) is 44.7 Å². The van der Waals surface area contributed by atoms with E-state index < -0.39 is 11.8 Å². The second kappa shape index (κ2) is 11.1. The zero-order chi connectivity index (χ0) is 19.5. The molecule has 2 amide bonds. The SMILES string of the molecule is CC/C(C)=C\N=C(C)CCNC(=O)C(=O)NCc1ccc(C)cc1OC. The summed E-state index contributed by atoms with van der Waals surface area (Å²) in [6.07, 6.45) is 3.39. The minimum absolute atomic E-state index is 0.233. The number of carbonyl (C=O) groups is 2. The molecule has 0 aromatic heterocycles. The molecule has 1 aromatic rings. The zero-order valence-corrected chi connectivity index (χ0v) is 16.3. The first-order valence-electron chi connectivity index (χ1n) is 8.75. The van der Waals surface area contributed by atoms with Crippen LogP contribution in [0.3, 0.4) is 0 Å². The molecule has 0 saturated carbocycles. The van der Waals surface area contributed by atoms with E-state index in [-0.39, 0.29) is 6.54 Å². The molecule has 0 saturated heterocycles. The number of aliphatic imine (C=N–C) groups is 1. The highest BCUT2D eigenvalue weighted by Gasteiger charge is 2.13. The van der Waals surface area contributed by atoms with Crippen molar-refractivity contribution in [3.63, 3.8) is 0 Å². The number of amides is 2. The van der Waals surface area contributed by atoms with Crippen LogP contribution in [0.25, 0.3) is 0 Å². The standard InChI is InChI=1S/C20H29N3O3/c1-6-14(2)12-22-16(4)9-10-21-19(24)20(25)23-13-17-8-7-15(3)11-18(17)26-5/h7-8,11-12H,6,9-10,13H2,1-5H3,(H,21,24)(H,23,25)/b14-12-,22-16?. The van der Waals surface area contributed by atoms with Gasteiger partial charge in [0, 0.05) is 37.0 Å². The van der Waals surface area contributed by atoms with Crippen LogP contribution in [0.15, 0.2) is 35.0 Å². The Balaban J connectivity index is 2.43. The third-order valence-electron chi connectivity index (χ3n) is 3.92. The van der Waals surface area contributed by atoms with Crippen molar-refractivity contribution >= 4 is 17.5 Å². The largest absolute Gasteiger partial charge is 0.496 e. The van der Waals surface area contributed by atoms with Crippen LogP contribution in [0, 0.1) is 6.92 Å². The van der Waals surface area contributed by atoms with Crippen LogP contribution in [0.4, 0.5) is 0 Å². The number of allylic oxidation sites excluding steroid dienone is 1. The molecule has 6 nitrogen and oxygen atoms in total. The molecule has 0 aliphatic rings. The number of methoxy groups -OCH3 is 1. The Bertz CT molecular complexity index is 694. The van der Waals surface area contributed by atoms with Crippen molar-refractivity contribution in [1.29, 1.82) is 0 Å². The molecule has 0 unspecified atom stereocenters. The van der Waals surface area contributed by atoms with E-state index in [1.165, 1.54) is 5.57 Å². The summed E-state index contributed by atoms with van der Waals surface area (Å²) >= 11 is 0. The van der Waals surface area contributed by atoms with Gasteiger partial charge in [0.2, 0.25) is 0 Å². The van der Waals surface area contributed by atoms with E-state index in [2.05, 4.69) is 22.5 Å². The fourth-order valence-electron chi connectivity index (χ4n) is 2.07. The first-order valence-corrected chi connectivity index (χ1v) is 8.75. The number of benzene rings is 1. The molecule has 2 N–H and O–H groups in total. The maximum absolute atomic E-state index is 11.9. The monoisotopic (exact) mass is 359 g/mol. The first-order chi connectivity index (χ1) is 12.4. The molecule has 142 valence electrons. The lowest BCUT2D eigenvalue weighted by Gasteiger charge is -2.10. The predicted molar refractivity (Wildman–Crippen MR) is 104 cm³/mol. The topological polar surface area (TPSA) is 79.8 Å². The molecule has 0 fully saturated rings. The maximum atomic E-state index is 11.9. The fraction of sp³-hybridized carbons (Fsp3) is 0.450. The van der Waals surface area contributed by atoms with E-state index in [9.17, 15) is 9.59 Å². The highest BCUT2D eigenvalue weighted by atomic mass is 16.5. The van der Waals surface area contributed by atoms with Crippen LogP contribution < -0.4 is 15.4 Å². The molecule has 6 heteroatoms. The van der Waals surface area contributed by atoms with Gasteiger partial charge in [0.25, 0.3) is 0 Å². The van der Waals surface area contributed by atoms with Crippen LogP contribution >= 0.6 is 0 Å². The molecule has 1 aromatic carbocycles. The number of ether oxygens (including phenoxy) is 1. The van der Waals surface area contributed by atoms with Crippen molar-refractivity contribution in [3.05, 3.63) is 41.1 Å². The van der Waals surface area contributed by atoms with Gasteiger partial charge in [0.05, 0.1) is 7.11 Å².